The number of aliphatic imine (C=N–C) groups is 1. The third-order valence-electron chi connectivity index (χ3n) is 5.43. The standard InChI is InChI=1S/C24H33FN4O3/c1-4-32-23-10-5-18(15-21(23)25)16-27-24(26-2)28-17-22(29-11-13-31-14-12-29)19-6-8-20(30-3)9-7-19/h5-10,15,22H,4,11-14,16-17H2,1-3H3,(H2,26,27,28). The van der Waals surface area contributed by atoms with Crippen LogP contribution in [0, 0.1) is 5.82 Å². The van der Waals surface area contributed by atoms with E-state index in [0.29, 0.717) is 25.7 Å². The number of hydrogen-bond acceptors (Lipinski definition) is 5. The maximum atomic E-state index is 14.1. The zero-order valence-corrected chi connectivity index (χ0v) is 19.1. The quantitative estimate of drug-likeness (QED) is 0.458. The van der Waals surface area contributed by atoms with Crippen LogP contribution < -0.4 is 20.1 Å². The van der Waals surface area contributed by atoms with Gasteiger partial charge < -0.3 is 24.8 Å². The Bertz CT molecular complexity index is 870. The molecule has 3 rings (SSSR count). The van der Waals surface area contributed by atoms with Gasteiger partial charge in [-0.05, 0) is 42.3 Å². The van der Waals surface area contributed by atoms with Crippen LogP contribution in [-0.4, -0.2) is 64.5 Å². The zero-order chi connectivity index (χ0) is 22.8. The van der Waals surface area contributed by atoms with E-state index in [2.05, 4.69) is 32.7 Å². The minimum absolute atomic E-state index is 0.159. The van der Waals surface area contributed by atoms with E-state index in [4.69, 9.17) is 14.2 Å². The van der Waals surface area contributed by atoms with E-state index in [1.54, 1.807) is 20.2 Å². The summed E-state index contributed by atoms with van der Waals surface area (Å²) in [5.74, 6) is 1.40. The van der Waals surface area contributed by atoms with Crippen molar-refractivity contribution < 1.29 is 18.6 Å². The SMILES string of the molecule is CCOc1ccc(CNC(=NC)NCC(c2ccc(OC)cc2)N2CCOCC2)cc1F. The van der Waals surface area contributed by atoms with Crippen molar-refractivity contribution >= 4 is 5.96 Å². The molecule has 1 aliphatic rings. The molecule has 174 valence electrons. The minimum atomic E-state index is -0.360. The highest BCUT2D eigenvalue weighted by molar-refractivity contribution is 5.79. The van der Waals surface area contributed by atoms with E-state index in [-0.39, 0.29) is 17.6 Å². The fraction of sp³-hybridized carbons (Fsp3) is 0.458. The summed E-state index contributed by atoms with van der Waals surface area (Å²) >= 11 is 0. The number of ether oxygens (including phenoxy) is 3. The fourth-order valence-electron chi connectivity index (χ4n) is 3.70. The van der Waals surface area contributed by atoms with Crippen molar-refractivity contribution in [1.29, 1.82) is 0 Å². The van der Waals surface area contributed by atoms with E-state index in [9.17, 15) is 4.39 Å². The molecule has 32 heavy (non-hydrogen) atoms. The van der Waals surface area contributed by atoms with Crippen LogP contribution in [0.2, 0.25) is 0 Å². The van der Waals surface area contributed by atoms with Gasteiger partial charge in [0, 0.05) is 33.2 Å². The largest absolute Gasteiger partial charge is 0.497 e. The lowest BCUT2D eigenvalue weighted by atomic mass is 10.0. The Labute approximate surface area is 189 Å². The van der Waals surface area contributed by atoms with E-state index < -0.39 is 0 Å². The van der Waals surface area contributed by atoms with Crippen LogP contribution in [0.1, 0.15) is 24.1 Å². The Morgan fingerprint density at radius 3 is 2.53 bits per heavy atom. The lowest BCUT2D eigenvalue weighted by molar-refractivity contribution is 0.0170. The Balaban J connectivity index is 1.62. The molecule has 1 unspecified atom stereocenters. The van der Waals surface area contributed by atoms with E-state index in [1.165, 1.54) is 11.6 Å². The lowest BCUT2D eigenvalue weighted by Crippen LogP contribution is -2.46. The molecule has 2 aromatic rings. The van der Waals surface area contributed by atoms with E-state index >= 15 is 0 Å². The Morgan fingerprint density at radius 2 is 1.91 bits per heavy atom. The van der Waals surface area contributed by atoms with Crippen LogP contribution in [0.25, 0.3) is 0 Å². The van der Waals surface area contributed by atoms with Crippen molar-refractivity contribution in [2.24, 2.45) is 4.99 Å². The predicted molar refractivity (Wildman–Crippen MR) is 124 cm³/mol. The number of guanidine groups is 1. The van der Waals surface area contributed by atoms with Crippen LogP contribution in [0.15, 0.2) is 47.5 Å². The van der Waals surface area contributed by atoms with Gasteiger partial charge in [-0.3, -0.25) is 9.89 Å². The molecule has 1 fully saturated rings. The number of benzene rings is 2. The monoisotopic (exact) mass is 444 g/mol. The average molecular weight is 445 g/mol. The van der Waals surface area contributed by atoms with E-state index in [1.807, 2.05) is 25.1 Å². The summed E-state index contributed by atoms with van der Waals surface area (Å²) in [4.78, 5) is 6.73. The topological polar surface area (TPSA) is 67.3 Å². The van der Waals surface area contributed by atoms with Crippen LogP contribution in [0.3, 0.4) is 0 Å². The van der Waals surface area contributed by atoms with Crippen LogP contribution in [-0.2, 0) is 11.3 Å². The van der Waals surface area contributed by atoms with Gasteiger partial charge in [0.2, 0.25) is 0 Å². The minimum Gasteiger partial charge on any atom is -0.497 e. The highest BCUT2D eigenvalue weighted by atomic mass is 19.1. The molecule has 0 radical (unpaired) electrons. The second-order valence-corrected chi connectivity index (χ2v) is 7.44. The third kappa shape index (κ3) is 6.58. The number of methoxy groups -OCH3 is 1. The molecule has 1 atom stereocenters. The summed E-state index contributed by atoms with van der Waals surface area (Å²) in [5, 5.41) is 6.68. The number of nitrogens with zero attached hydrogens (tertiary/aromatic N) is 2. The van der Waals surface area contributed by atoms with Crippen molar-refractivity contribution in [3.63, 3.8) is 0 Å². The molecule has 0 saturated carbocycles. The molecule has 0 aliphatic carbocycles. The molecule has 0 spiro atoms. The lowest BCUT2D eigenvalue weighted by Gasteiger charge is -2.35. The summed E-state index contributed by atoms with van der Waals surface area (Å²) in [6, 6.07) is 13.3. The van der Waals surface area contributed by atoms with Crippen molar-refractivity contribution in [3.8, 4) is 11.5 Å². The molecule has 7 nitrogen and oxygen atoms in total. The second-order valence-electron chi connectivity index (χ2n) is 7.44. The molecule has 0 bridgehead atoms. The molecule has 2 aromatic carbocycles. The van der Waals surface area contributed by atoms with Gasteiger partial charge in [0.15, 0.2) is 17.5 Å². The highest BCUT2D eigenvalue weighted by Crippen LogP contribution is 2.24. The van der Waals surface area contributed by atoms with E-state index in [0.717, 1.165) is 37.6 Å². The summed E-state index contributed by atoms with van der Waals surface area (Å²) in [7, 11) is 3.40. The fourth-order valence-corrected chi connectivity index (χ4v) is 3.70. The molecule has 0 aromatic heterocycles. The molecular formula is C24H33FN4O3. The van der Waals surface area contributed by atoms with Crippen LogP contribution in [0.5, 0.6) is 11.5 Å². The predicted octanol–water partition coefficient (Wildman–Crippen LogP) is 2.97. The third-order valence-corrected chi connectivity index (χ3v) is 5.43. The highest BCUT2D eigenvalue weighted by Gasteiger charge is 2.23. The van der Waals surface area contributed by atoms with Gasteiger partial charge in [0.05, 0.1) is 33.0 Å². The van der Waals surface area contributed by atoms with Gasteiger partial charge in [-0.1, -0.05) is 18.2 Å². The molecule has 0 amide bonds. The number of nitrogens with one attached hydrogen (secondary N) is 2. The zero-order valence-electron chi connectivity index (χ0n) is 19.1. The number of halogens is 1. The first-order chi connectivity index (χ1) is 15.6. The molecular weight excluding hydrogens is 411 g/mol. The summed E-state index contributed by atoms with van der Waals surface area (Å²) in [6.07, 6.45) is 0. The Kier molecular flexibility index (Phi) is 9.13. The first kappa shape index (κ1) is 23.8. The second kappa shape index (κ2) is 12.3. The first-order valence-corrected chi connectivity index (χ1v) is 11.0. The summed E-state index contributed by atoms with van der Waals surface area (Å²) < 4.78 is 30.2. The van der Waals surface area contributed by atoms with Crippen LogP contribution >= 0.6 is 0 Å². The maximum absolute atomic E-state index is 14.1. The molecule has 1 aliphatic heterocycles. The summed E-state index contributed by atoms with van der Waals surface area (Å²) in [5.41, 5.74) is 2.01. The van der Waals surface area contributed by atoms with Gasteiger partial charge in [-0.15, -0.1) is 0 Å². The van der Waals surface area contributed by atoms with Gasteiger partial charge >= 0.3 is 0 Å². The number of hydrogen-bond donors (Lipinski definition) is 2. The first-order valence-electron chi connectivity index (χ1n) is 11.0. The van der Waals surface area contributed by atoms with Crippen LogP contribution in [0.4, 0.5) is 4.39 Å². The van der Waals surface area contributed by atoms with Crippen molar-refractivity contribution in [3.05, 3.63) is 59.4 Å². The smallest absolute Gasteiger partial charge is 0.191 e. The normalized spacial score (nSPS) is 15.8. The molecule has 2 N–H and O–H groups in total. The van der Waals surface area contributed by atoms with Crippen molar-refractivity contribution in [1.82, 2.24) is 15.5 Å². The van der Waals surface area contributed by atoms with Crippen molar-refractivity contribution in [2.45, 2.75) is 19.5 Å². The maximum Gasteiger partial charge on any atom is 0.191 e. The van der Waals surface area contributed by atoms with Crippen molar-refractivity contribution in [2.75, 3.05) is 53.6 Å². The Morgan fingerprint density at radius 1 is 1.16 bits per heavy atom. The van der Waals surface area contributed by atoms with Gasteiger partial charge in [-0.25, -0.2) is 4.39 Å². The number of morpholine rings is 1. The van der Waals surface area contributed by atoms with Gasteiger partial charge in [-0.2, -0.15) is 0 Å². The molecule has 8 heteroatoms. The Hall–Kier alpha value is -2.84. The number of rotatable bonds is 9. The average Bonchev–Trinajstić information content (AvgIpc) is 2.84. The molecule has 1 heterocycles. The molecule has 1 saturated heterocycles. The van der Waals surface area contributed by atoms with Gasteiger partial charge in [0.1, 0.15) is 5.75 Å². The van der Waals surface area contributed by atoms with Gasteiger partial charge in [0.25, 0.3) is 0 Å². The summed E-state index contributed by atoms with van der Waals surface area (Å²) in [6.45, 7) is 6.58.